The molecule has 1 atom stereocenters. The Balaban J connectivity index is 0.000000940. The van der Waals surface area contributed by atoms with Crippen molar-refractivity contribution in [2.45, 2.75) is 75.6 Å². The summed E-state index contributed by atoms with van der Waals surface area (Å²) in [6.07, 6.45) is 1.12. The summed E-state index contributed by atoms with van der Waals surface area (Å²) < 4.78 is 61.1. The number of carboxylic acid groups (broad SMARTS) is 1. The third kappa shape index (κ3) is 12.9. The van der Waals surface area contributed by atoms with Crippen molar-refractivity contribution < 1.29 is 50.6 Å². The predicted molar refractivity (Wildman–Crippen MR) is 200 cm³/mol. The second kappa shape index (κ2) is 18.5. The third-order valence-electron chi connectivity index (χ3n) is 8.74. The van der Waals surface area contributed by atoms with Crippen molar-refractivity contribution in [1.29, 1.82) is 0 Å². The first kappa shape index (κ1) is 44.0. The molecule has 0 aliphatic heterocycles. The van der Waals surface area contributed by atoms with Gasteiger partial charge in [0.15, 0.2) is 9.84 Å². The lowest BCUT2D eigenvalue weighted by Gasteiger charge is -2.32. The van der Waals surface area contributed by atoms with Crippen LogP contribution in [0.15, 0.2) is 71.9 Å². The van der Waals surface area contributed by atoms with Gasteiger partial charge < -0.3 is 20.9 Å². The molecule has 57 heavy (non-hydrogen) atoms. The van der Waals surface area contributed by atoms with Gasteiger partial charge in [0.05, 0.1) is 16.6 Å². The summed E-state index contributed by atoms with van der Waals surface area (Å²) in [4.78, 5) is 54.5. The Morgan fingerprint density at radius 3 is 2.09 bits per heavy atom. The number of sulfone groups is 1. The van der Waals surface area contributed by atoms with Crippen LogP contribution in [0, 0.1) is 11.8 Å². The second-order valence-corrected chi connectivity index (χ2v) is 16.4. The van der Waals surface area contributed by atoms with Crippen LogP contribution in [0.5, 0.6) is 0 Å². The van der Waals surface area contributed by atoms with Crippen molar-refractivity contribution in [3.8, 4) is 22.5 Å². The number of hydrogen-bond acceptors (Lipinski definition) is 12. The zero-order chi connectivity index (χ0) is 42.1. The Kier molecular flexibility index (Phi) is 14.2. The summed E-state index contributed by atoms with van der Waals surface area (Å²) in [6.45, 7) is 5.86. The van der Waals surface area contributed by atoms with E-state index >= 15 is 0 Å². The number of carbonyl (C=O) groups excluding carboxylic acids is 3. The molecule has 3 amide bonds. The molecule has 1 fully saturated rings. The fourth-order valence-corrected chi connectivity index (χ4v) is 6.46. The molecule has 2 aromatic heterocycles. The number of carboxylic acids is 1. The zero-order valence-electron chi connectivity index (χ0n) is 31.5. The van der Waals surface area contributed by atoms with Gasteiger partial charge >= 0.3 is 18.2 Å². The lowest BCUT2D eigenvalue weighted by Crippen LogP contribution is -2.50. The van der Waals surface area contributed by atoms with Crippen molar-refractivity contribution in [2.24, 2.45) is 17.6 Å². The fourth-order valence-electron chi connectivity index (χ4n) is 5.86. The van der Waals surface area contributed by atoms with Crippen LogP contribution in [0.3, 0.4) is 0 Å². The number of aromatic amines is 1. The lowest BCUT2D eigenvalue weighted by atomic mass is 9.81. The molecule has 20 heteroatoms. The monoisotopic (exact) mass is 816 g/mol. The van der Waals surface area contributed by atoms with E-state index in [0.717, 1.165) is 17.4 Å². The Hall–Kier alpha value is -5.76. The number of imide groups is 1. The van der Waals surface area contributed by atoms with Crippen LogP contribution < -0.4 is 16.0 Å². The number of alkyl halides is 3. The third-order valence-corrected chi connectivity index (χ3v) is 9.82. The van der Waals surface area contributed by atoms with Gasteiger partial charge in [0.1, 0.15) is 5.60 Å². The molecule has 0 saturated heterocycles. The van der Waals surface area contributed by atoms with Crippen LogP contribution in [0.1, 0.15) is 52.0 Å². The molecule has 5 N–H and O–H groups in total. The minimum absolute atomic E-state index is 0.118. The number of carbonyl (C=O) groups is 4. The highest BCUT2D eigenvalue weighted by Gasteiger charge is 2.38. The number of alkyl carbamates (subject to hydrolysis) is 1. The number of ether oxygens (including phenoxy) is 1. The van der Waals surface area contributed by atoms with Gasteiger partial charge in [0, 0.05) is 42.2 Å². The molecule has 2 aromatic carbocycles. The van der Waals surface area contributed by atoms with Crippen LogP contribution >= 0.6 is 0 Å². The molecule has 1 saturated carbocycles. The molecule has 1 aliphatic rings. The number of rotatable bonds is 10. The Bertz CT molecular complexity index is 2120. The first-order valence-corrected chi connectivity index (χ1v) is 19.5. The van der Waals surface area contributed by atoms with Gasteiger partial charge in [-0.3, -0.25) is 14.6 Å². The fraction of sp³-hybridized carbons (Fsp3) is 0.405. The average Bonchev–Trinajstić information content (AvgIpc) is 3.69. The summed E-state index contributed by atoms with van der Waals surface area (Å²) in [5.74, 6) is -3.48. The van der Waals surface area contributed by atoms with Gasteiger partial charge in [0.2, 0.25) is 11.7 Å². The number of hydrogen-bond donors (Lipinski definition) is 4. The molecular weight excluding hydrogens is 774 g/mol. The highest BCUT2D eigenvalue weighted by Crippen LogP contribution is 2.32. The minimum atomic E-state index is -5.08. The van der Waals surface area contributed by atoms with Gasteiger partial charge in [-0.2, -0.15) is 18.4 Å². The molecule has 5 rings (SSSR count). The molecule has 0 unspecified atom stereocenters. The van der Waals surface area contributed by atoms with Crippen LogP contribution in [0.4, 0.5) is 23.7 Å². The molecule has 0 radical (unpaired) electrons. The maximum absolute atomic E-state index is 14.1. The molecule has 16 nitrogen and oxygen atoms in total. The summed E-state index contributed by atoms with van der Waals surface area (Å²) >= 11 is 0. The van der Waals surface area contributed by atoms with E-state index in [-0.39, 0.29) is 23.1 Å². The summed E-state index contributed by atoms with van der Waals surface area (Å²) in [5, 5.41) is 23.9. The molecule has 306 valence electrons. The Labute approximate surface area is 326 Å². The molecule has 0 bridgehead atoms. The van der Waals surface area contributed by atoms with Gasteiger partial charge in [-0.05, 0) is 105 Å². The van der Waals surface area contributed by atoms with Gasteiger partial charge in [-0.15, -0.1) is 10.2 Å². The van der Waals surface area contributed by atoms with E-state index in [0.29, 0.717) is 54.9 Å². The number of nitrogens with one attached hydrogen (secondary N) is 2. The van der Waals surface area contributed by atoms with Crippen molar-refractivity contribution in [2.75, 3.05) is 17.7 Å². The van der Waals surface area contributed by atoms with Crippen LogP contribution in [0.2, 0.25) is 0 Å². The van der Waals surface area contributed by atoms with Gasteiger partial charge in [-0.25, -0.2) is 22.9 Å². The van der Waals surface area contributed by atoms with E-state index in [2.05, 4.69) is 30.9 Å². The predicted octanol–water partition coefficient (Wildman–Crippen LogP) is 4.73. The van der Waals surface area contributed by atoms with E-state index in [1.54, 1.807) is 57.3 Å². The molecular formula is C37H43F3N8O8S. The number of nitrogens with two attached hydrogens (primary N) is 1. The Morgan fingerprint density at radius 1 is 0.965 bits per heavy atom. The summed E-state index contributed by atoms with van der Waals surface area (Å²) in [6, 6.07) is 14.5. The highest BCUT2D eigenvalue weighted by molar-refractivity contribution is 7.90. The largest absolute Gasteiger partial charge is 0.490 e. The van der Waals surface area contributed by atoms with Gasteiger partial charge in [-0.1, -0.05) is 24.3 Å². The maximum atomic E-state index is 14.1. The first-order valence-electron chi connectivity index (χ1n) is 17.6. The van der Waals surface area contributed by atoms with Crippen molar-refractivity contribution in [3.63, 3.8) is 0 Å². The van der Waals surface area contributed by atoms with Gasteiger partial charge in [0.25, 0.3) is 5.91 Å². The van der Waals surface area contributed by atoms with E-state index in [1.807, 2.05) is 24.3 Å². The van der Waals surface area contributed by atoms with Crippen LogP contribution in [0.25, 0.3) is 22.5 Å². The standard InChI is InChI=1S/C35H42N8O6S.C2HF3O2/c1-35(2,3)49-34(46)38-19-23-7-11-26(12-8-23)32(44)43(28-15-13-25(14-16-28)31-39-41-42-40-31)33(45)30(36)17-22-5-9-24(10-6-22)27-18-29(21-37-20-27)50(4,47)48;3-2(4,5)1(6)7/h5-6,9-10,13-16,18,20-21,23,26,30H,7-8,11-12,17,19,36H2,1-4H3,(H,38,46)(H,39,40,41,42);(H,6,7)/t23?,26?,30-;/m0./s1. The number of anilines is 1. The maximum Gasteiger partial charge on any atom is 0.490 e. The van der Waals surface area contributed by atoms with Crippen molar-refractivity contribution >= 4 is 39.4 Å². The average molecular weight is 817 g/mol. The van der Waals surface area contributed by atoms with Crippen LogP contribution in [-0.4, -0.2) is 93.6 Å². The van der Waals surface area contributed by atoms with E-state index in [4.69, 9.17) is 20.4 Å². The summed E-state index contributed by atoms with van der Waals surface area (Å²) in [5.41, 5.74) is 9.10. The molecule has 0 spiro atoms. The molecule has 1 aliphatic carbocycles. The number of H-pyrrole nitrogens is 1. The minimum Gasteiger partial charge on any atom is -0.475 e. The second-order valence-electron chi connectivity index (χ2n) is 14.4. The normalized spacial score (nSPS) is 16.4. The Morgan fingerprint density at radius 2 is 1.56 bits per heavy atom. The number of aliphatic carboxylic acids is 1. The highest BCUT2D eigenvalue weighted by atomic mass is 32.2. The van der Waals surface area contributed by atoms with Crippen LogP contribution in [-0.2, 0) is 35.4 Å². The van der Waals surface area contributed by atoms with E-state index in [9.17, 15) is 36.0 Å². The number of aromatic nitrogens is 5. The van der Waals surface area contributed by atoms with E-state index < -0.39 is 51.5 Å². The van der Waals surface area contributed by atoms with Crippen molar-refractivity contribution in [3.05, 3.63) is 72.6 Å². The van der Waals surface area contributed by atoms with E-state index in [1.165, 1.54) is 11.1 Å². The SMILES string of the molecule is CC(C)(C)OC(=O)NCC1CCC(C(=O)N(C(=O)[C@@H](N)Cc2ccc(-c3cncc(S(C)(=O)=O)c3)cc2)c2ccc(-c3nn[nH]n3)cc2)CC1.O=C(O)C(F)(F)F. The topological polar surface area (TPSA) is 241 Å². The number of tetrazole rings is 1. The lowest BCUT2D eigenvalue weighted by molar-refractivity contribution is -0.192. The smallest absolute Gasteiger partial charge is 0.475 e. The number of benzene rings is 2. The molecule has 2 heterocycles. The number of amides is 3. The zero-order valence-corrected chi connectivity index (χ0v) is 32.3. The first-order chi connectivity index (χ1) is 26.6. The number of nitrogens with zero attached hydrogens (tertiary/aromatic N) is 5. The quantitative estimate of drug-likeness (QED) is 0.170. The molecule has 4 aromatic rings. The summed E-state index contributed by atoms with van der Waals surface area (Å²) in [7, 11) is -3.42. The van der Waals surface area contributed by atoms with Crippen molar-refractivity contribution in [1.82, 2.24) is 30.9 Å². The number of pyridine rings is 1. The number of halogens is 3.